The minimum atomic E-state index is 0.339. The summed E-state index contributed by atoms with van der Waals surface area (Å²) in [5.74, 6) is 0. The molecule has 0 radical (unpaired) electrons. The largest absolute Gasteiger partial charge is 0.313 e. The first-order valence-electron chi connectivity index (χ1n) is 5.78. The highest BCUT2D eigenvalue weighted by Crippen LogP contribution is 2.29. The van der Waals surface area contributed by atoms with Gasteiger partial charge in [0, 0.05) is 20.9 Å². The van der Waals surface area contributed by atoms with E-state index in [0.717, 1.165) is 10.8 Å². The maximum absolute atomic E-state index is 5.99. The summed E-state index contributed by atoms with van der Waals surface area (Å²) in [6.45, 7) is 2.15. The van der Waals surface area contributed by atoms with E-state index in [9.17, 15) is 0 Å². The van der Waals surface area contributed by atoms with Crippen LogP contribution in [0.3, 0.4) is 0 Å². The van der Waals surface area contributed by atoms with Crippen LogP contribution in [0.2, 0.25) is 4.34 Å². The fourth-order valence-corrected chi connectivity index (χ4v) is 3.84. The highest BCUT2D eigenvalue weighted by Gasteiger charge is 2.15. The molecule has 1 aromatic carbocycles. The Balaban J connectivity index is 2.25. The van der Waals surface area contributed by atoms with Gasteiger partial charge < -0.3 is 5.32 Å². The van der Waals surface area contributed by atoms with Gasteiger partial charge in [0.2, 0.25) is 0 Å². The zero-order valence-electron chi connectivity index (χ0n) is 10.3. The van der Waals surface area contributed by atoms with Gasteiger partial charge >= 0.3 is 0 Å². The Labute approximate surface area is 131 Å². The number of likely N-dealkylation sites (N-methyl/N-ethyl adjacent to an activating group) is 1. The van der Waals surface area contributed by atoms with Crippen molar-refractivity contribution in [2.45, 2.75) is 19.4 Å². The molecule has 1 heterocycles. The first kappa shape index (κ1) is 14.3. The Hall–Kier alpha value is -0.100. The first-order chi connectivity index (χ1) is 8.61. The Morgan fingerprint density at radius 1 is 1.33 bits per heavy atom. The number of hydrogen-bond acceptors (Lipinski definition) is 2. The summed E-state index contributed by atoms with van der Waals surface area (Å²) in [7, 11) is 2.01. The number of hydrogen-bond donors (Lipinski definition) is 1. The summed E-state index contributed by atoms with van der Waals surface area (Å²) in [6.07, 6.45) is 0.980. The summed E-state index contributed by atoms with van der Waals surface area (Å²) >= 11 is 10.1. The van der Waals surface area contributed by atoms with E-state index >= 15 is 0 Å². The van der Waals surface area contributed by atoms with Crippen molar-refractivity contribution >= 4 is 45.5 Å². The number of aryl methyl sites for hydroxylation is 1. The zero-order chi connectivity index (χ0) is 13.1. The van der Waals surface area contributed by atoms with Crippen LogP contribution in [-0.2, 0) is 6.42 Å². The van der Waals surface area contributed by atoms with Crippen LogP contribution in [-0.4, -0.2) is 7.05 Å². The molecule has 2 rings (SSSR count). The van der Waals surface area contributed by atoms with Gasteiger partial charge in [0.05, 0.1) is 4.34 Å². The molecule has 0 aliphatic heterocycles. The summed E-state index contributed by atoms with van der Waals surface area (Å²) in [5, 5.41) is 3.40. The minimum absolute atomic E-state index is 0.339. The highest BCUT2D eigenvalue weighted by molar-refractivity contribution is 14.1. The number of halogens is 2. The van der Waals surface area contributed by atoms with Crippen LogP contribution in [0.25, 0.3) is 0 Å². The lowest BCUT2D eigenvalue weighted by Crippen LogP contribution is -2.19. The summed E-state index contributed by atoms with van der Waals surface area (Å²) < 4.78 is 2.20. The third kappa shape index (κ3) is 3.26. The number of benzene rings is 1. The number of rotatable bonds is 4. The van der Waals surface area contributed by atoms with Gasteiger partial charge in [-0.2, -0.15) is 0 Å². The third-order valence-electron chi connectivity index (χ3n) is 2.98. The predicted octanol–water partition coefficient (Wildman–Crippen LogP) is 4.82. The molecule has 0 amide bonds. The summed E-state index contributed by atoms with van der Waals surface area (Å²) in [4.78, 5) is 1.32. The Morgan fingerprint density at radius 3 is 2.72 bits per heavy atom. The molecule has 1 nitrogen and oxygen atoms in total. The molecule has 2 aromatic rings. The van der Waals surface area contributed by atoms with Gasteiger partial charge in [-0.05, 0) is 59.8 Å². The number of nitrogens with one attached hydrogen (secondary N) is 1. The van der Waals surface area contributed by atoms with Crippen molar-refractivity contribution in [1.82, 2.24) is 5.32 Å². The van der Waals surface area contributed by atoms with Gasteiger partial charge in [-0.25, -0.2) is 0 Å². The topological polar surface area (TPSA) is 12.0 Å². The van der Waals surface area contributed by atoms with Crippen molar-refractivity contribution in [3.05, 3.63) is 54.2 Å². The van der Waals surface area contributed by atoms with E-state index in [1.165, 1.54) is 19.6 Å². The average molecular weight is 392 g/mol. The molecule has 1 atom stereocenters. The lowest BCUT2D eigenvalue weighted by Gasteiger charge is -2.18. The molecule has 96 valence electrons. The van der Waals surface area contributed by atoms with Gasteiger partial charge in [-0.3, -0.25) is 0 Å². The van der Waals surface area contributed by atoms with Gasteiger partial charge in [0.15, 0.2) is 0 Å². The maximum Gasteiger partial charge on any atom is 0.0931 e. The molecule has 0 saturated heterocycles. The van der Waals surface area contributed by atoms with Gasteiger partial charge in [0.25, 0.3) is 0 Å². The average Bonchev–Trinajstić information content (AvgIpc) is 2.76. The van der Waals surface area contributed by atoms with Crippen LogP contribution in [0.5, 0.6) is 0 Å². The first-order valence-corrected chi connectivity index (χ1v) is 8.05. The molecule has 0 saturated carbocycles. The fourth-order valence-electron chi connectivity index (χ4n) is 1.97. The van der Waals surface area contributed by atoms with Crippen LogP contribution < -0.4 is 5.32 Å². The van der Waals surface area contributed by atoms with Crippen LogP contribution in [0, 0.1) is 10.5 Å². The second-order valence-electron chi connectivity index (χ2n) is 4.23. The van der Waals surface area contributed by atoms with Crippen molar-refractivity contribution in [1.29, 1.82) is 0 Å². The van der Waals surface area contributed by atoms with Crippen molar-refractivity contribution in [3.63, 3.8) is 0 Å². The van der Waals surface area contributed by atoms with E-state index in [4.69, 9.17) is 11.6 Å². The highest BCUT2D eigenvalue weighted by atomic mass is 127. The van der Waals surface area contributed by atoms with Gasteiger partial charge in [-0.15, -0.1) is 11.3 Å². The second-order valence-corrected chi connectivity index (χ2v) is 7.11. The number of thiophene rings is 1. The van der Waals surface area contributed by atoms with Crippen molar-refractivity contribution in [2.75, 3.05) is 7.05 Å². The molecular weight excluding hydrogens is 377 g/mol. The summed E-state index contributed by atoms with van der Waals surface area (Å²) in [6, 6.07) is 10.9. The molecule has 0 spiro atoms. The molecule has 18 heavy (non-hydrogen) atoms. The van der Waals surface area contributed by atoms with E-state index in [1.807, 2.05) is 13.1 Å². The van der Waals surface area contributed by atoms with E-state index < -0.39 is 0 Å². The Bertz CT molecular complexity index is 538. The maximum atomic E-state index is 5.99. The molecule has 0 fully saturated rings. The van der Waals surface area contributed by atoms with E-state index in [2.05, 4.69) is 59.1 Å². The van der Waals surface area contributed by atoms with Crippen LogP contribution in [0.15, 0.2) is 30.3 Å². The Kier molecular flexibility index (Phi) is 5.06. The quantitative estimate of drug-likeness (QED) is 0.737. The molecule has 0 aliphatic rings. The second kappa shape index (κ2) is 6.37. The molecule has 0 bridgehead atoms. The van der Waals surface area contributed by atoms with E-state index in [-0.39, 0.29) is 0 Å². The predicted molar refractivity (Wildman–Crippen MR) is 88.7 cm³/mol. The Morgan fingerprint density at radius 2 is 2.11 bits per heavy atom. The van der Waals surface area contributed by atoms with Crippen LogP contribution >= 0.6 is 45.5 Å². The molecular formula is C14H15ClINS. The molecule has 1 N–H and O–H groups in total. The van der Waals surface area contributed by atoms with Crippen molar-refractivity contribution in [2.24, 2.45) is 0 Å². The SMILES string of the molecule is CNC(Cc1ccc(Cl)s1)c1cccc(C)c1I. The lowest BCUT2D eigenvalue weighted by atomic mass is 10.0. The monoisotopic (exact) mass is 391 g/mol. The molecule has 1 aromatic heterocycles. The molecule has 1 unspecified atom stereocenters. The van der Waals surface area contributed by atoms with Crippen LogP contribution in [0.4, 0.5) is 0 Å². The van der Waals surface area contributed by atoms with Crippen molar-refractivity contribution in [3.8, 4) is 0 Å². The standard InChI is InChI=1S/C14H15ClINS/c1-9-4-3-5-11(14(9)16)12(17-2)8-10-6-7-13(15)18-10/h3-7,12,17H,8H2,1-2H3. The smallest absolute Gasteiger partial charge is 0.0931 e. The zero-order valence-corrected chi connectivity index (χ0v) is 14.1. The van der Waals surface area contributed by atoms with E-state index in [0.29, 0.717) is 6.04 Å². The molecule has 0 aliphatic carbocycles. The van der Waals surface area contributed by atoms with Crippen molar-refractivity contribution < 1.29 is 0 Å². The van der Waals surface area contributed by atoms with Gasteiger partial charge in [0.1, 0.15) is 0 Å². The fraction of sp³-hybridized carbons (Fsp3) is 0.286. The third-order valence-corrected chi connectivity index (χ3v) is 5.71. The minimum Gasteiger partial charge on any atom is -0.313 e. The van der Waals surface area contributed by atoms with Crippen LogP contribution in [0.1, 0.15) is 22.0 Å². The normalized spacial score (nSPS) is 12.7. The van der Waals surface area contributed by atoms with Gasteiger partial charge in [-0.1, -0.05) is 29.8 Å². The van der Waals surface area contributed by atoms with E-state index in [1.54, 1.807) is 11.3 Å². The lowest BCUT2D eigenvalue weighted by molar-refractivity contribution is 0.593. The molecule has 4 heteroatoms. The summed E-state index contributed by atoms with van der Waals surface area (Å²) in [5.41, 5.74) is 2.69.